The van der Waals surface area contributed by atoms with Crippen molar-refractivity contribution in [3.63, 3.8) is 0 Å². The fraction of sp³-hybridized carbons (Fsp3) is 0.414. The van der Waals surface area contributed by atoms with Crippen LogP contribution in [0.3, 0.4) is 0 Å². The Hall–Kier alpha value is -4.13. The Balaban J connectivity index is 1.29. The molecule has 0 bridgehead atoms. The summed E-state index contributed by atoms with van der Waals surface area (Å²) < 4.78 is 14.3. The van der Waals surface area contributed by atoms with Crippen molar-refractivity contribution in [2.45, 2.75) is 57.6 Å². The topological polar surface area (TPSA) is 134 Å². The van der Waals surface area contributed by atoms with Gasteiger partial charge in [-0.2, -0.15) is 9.50 Å². The Morgan fingerprint density at radius 3 is 2.60 bits per heavy atom. The van der Waals surface area contributed by atoms with E-state index in [0.29, 0.717) is 49.4 Å². The van der Waals surface area contributed by atoms with Gasteiger partial charge in [0.2, 0.25) is 10.5 Å². The van der Waals surface area contributed by atoms with Crippen molar-refractivity contribution in [2.75, 3.05) is 20.2 Å². The molecule has 1 aromatic carbocycles. The van der Waals surface area contributed by atoms with Gasteiger partial charge in [-0.1, -0.05) is 37.3 Å². The van der Waals surface area contributed by atoms with Crippen LogP contribution >= 0.6 is 15.9 Å². The first kappa shape index (κ1) is 28.0. The summed E-state index contributed by atoms with van der Waals surface area (Å²) in [6.45, 7) is 4.92. The molecule has 1 aliphatic carbocycles. The van der Waals surface area contributed by atoms with Crippen LogP contribution in [-0.4, -0.2) is 66.1 Å². The lowest BCUT2D eigenvalue weighted by atomic mass is 9.73. The number of benzene rings is 1. The fourth-order valence-corrected chi connectivity index (χ4v) is 6.77. The van der Waals surface area contributed by atoms with Crippen LogP contribution in [0.15, 0.2) is 46.2 Å². The molecule has 1 saturated heterocycles. The quantitative estimate of drug-likeness (QED) is 0.293. The first-order valence-corrected chi connectivity index (χ1v) is 14.6. The smallest absolute Gasteiger partial charge is 0.325 e. The van der Waals surface area contributed by atoms with Gasteiger partial charge in [0.1, 0.15) is 19.5 Å². The van der Waals surface area contributed by atoms with Gasteiger partial charge in [0.15, 0.2) is 11.4 Å². The van der Waals surface area contributed by atoms with Crippen LogP contribution in [0.5, 0.6) is 5.75 Å². The number of piperidine rings is 1. The lowest BCUT2D eigenvalue weighted by molar-refractivity contribution is -0.141. The minimum atomic E-state index is -0.471. The van der Waals surface area contributed by atoms with Crippen LogP contribution in [0.1, 0.15) is 65.1 Å². The van der Waals surface area contributed by atoms with Gasteiger partial charge in [-0.25, -0.2) is 9.97 Å². The second kappa shape index (κ2) is 10.9. The Kier molecular flexibility index (Phi) is 7.29. The lowest BCUT2D eigenvalue weighted by Gasteiger charge is -2.39. The summed E-state index contributed by atoms with van der Waals surface area (Å²) in [6.07, 6.45) is 3.25. The van der Waals surface area contributed by atoms with Crippen LogP contribution in [0.2, 0.25) is 0 Å². The molecular weight excluding hydrogens is 606 g/mol. The number of aryl methyl sites for hydroxylation is 1. The highest BCUT2D eigenvalue weighted by Gasteiger charge is 2.49. The number of ether oxygens (including phenoxy) is 2. The first-order valence-electron chi connectivity index (χ1n) is 13.8. The summed E-state index contributed by atoms with van der Waals surface area (Å²) in [6, 6.07) is 9.71. The molecule has 3 aromatic heterocycles. The van der Waals surface area contributed by atoms with Gasteiger partial charge in [0.05, 0.1) is 12.8 Å². The molecule has 218 valence electrons. The van der Waals surface area contributed by atoms with E-state index in [0.717, 1.165) is 11.3 Å². The molecule has 6 rings (SSSR count). The number of carbonyl (C=O) groups excluding carboxylic acids is 2. The third-order valence-corrected chi connectivity index (χ3v) is 8.72. The summed E-state index contributed by atoms with van der Waals surface area (Å²) in [5.74, 6) is -0.0297. The molecule has 0 radical (unpaired) electrons. The molecule has 1 amide bonds. The van der Waals surface area contributed by atoms with Crippen molar-refractivity contribution in [1.82, 2.24) is 34.0 Å². The number of amides is 1. The van der Waals surface area contributed by atoms with E-state index in [-0.39, 0.29) is 46.7 Å². The van der Waals surface area contributed by atoms with Gasteiger partial charge in [0.25, 0.3) is 11.5 Å². The maximum Gasteiger partial charge on any atom is 0.325 e. The van der Waals surface area contributed by atoms with Crippen molar-refractivity contribution in [2.24, 2.45) is 0 Å². The molecule has 2 aliphatic rings. The zero-order chi connectivity index (χ0) is 29.6. The number of hydrogen-bond acceptors (Lipinski definition) is 9. The van der Waals surface area contributed by atoms with Gasteiger partial charge in [0, 0.05) is 29.8 Å². The predicted octanol–water partition coefficient (Wildman–Crippen LogP) is 3.19. The highest BCUT2D eigenvalue weighted by Crippen LogP contribution is 2.50. The third kappa shape index (κ3) is 4.75. The number of fused-ring (bicyclic) bond motifs is 3. The number of likely N-dealkylation sites (tertiary alicyclic amines) is 1. The molecule has 4 aromatic rings. The van der Waals surface area contributed by atoms with Crippen molar-refractivity contribution in [3.05, 3.63) is 80.0 Å². The van der Waals surface area contributed by atoms with Crippen molar-refractivity contribution >= 4 is 33.6 Å². The molecule has 12 nitrogen and oxygen atoms in total. The minimum absolute atomic E-state index is 0.0115. The van der Waals surface area contributed by atoms with E-state index in [1.54, 1.807) is 16.4 Å². The molecule has 42 heavy (non-hydrogen) atoms. The summed E-state index contributed by atoms with van der Waals surface area (Å²) in [4.78, 5) is 54.7. The van der Waals surface area contributed by atoms with Crippen molar-refractivity contribution in [1.29, 1.82) is 0 Å². The molecule has 1 spiro atoms. The number of aromatic nitrogens is 6. The normalized spacial score (nSPS) is 17.4. The summed E-state index contributed by atoms with van der Waals surface area (Å²) in [7, 11) is 1.33. The monoisotopic (exact) mass is 635 g/mol. The average Bonchev–Trinajstić information content (AvgIpc) is 3.52. The van der Waals surface area contributed by atoms with E-state index < -0.39 is 11.4 Å². The second-order valence-corrected chi connectivity index (χ2v) is 11.6. The van der Waals surface area contributed by atoms with Gasteiger partial charge in [-0.15, -0.1) is 5.10 Å². The predicted molar refractivity (Wildman–Crippen MR) is 154 cm³/mol. The van der Waals surface area contributed by atoms with Crippen LogP contribution in [0.4, 0.5) is 0 Å². The molecular formula is C29H30BrN7O5. The van der Waals surface area contributed by atoms with Crippen LogP contribution in [0.25, 0.3) is 5.78 Å². The molecule has 0 saturated carbocycles. The number of carbonyl (C=O) groups is 2. The number of rotatable bonds is 6. The van der Waals surface area contributed by atoms with E-state index in [4.69, 9.17) is 9.47 Å². The fourth-order valence-electron chi connectivity index (χ4n) is 6.45. The summed E-state index contributed by atoms with van der Waals surface area (Å²) in [5.41, 5.74) is 2.49. The number of halogens is 1. The summed E-state index contributed by atoms with van der Waals surface area (Å²) >= 11 is 3.27. The molecule has 1 atom stereocenters. The number of methoxy groups -OCH3 is 1. The molecule has 13 heteroatoms. The van der Waals surface area contributed by atoms with Crippen molar-refractivity contribution in [3.8, 4) is 5.75 Å². The first-order chi connectivity index (χ1) is 20.2. The van der Waals surface area contributed by atoms with Gasteiger partial charge in [-0.3, -0.25) is 14.4 Å². The Morgan fingerprint density at radius 2 is 1.88 bits per heavy atom. The van der Waals surface area contributed by atoms with E-state index >= 15 is 0 Å². The van der Waals surface area contributed by atoms with E-state index in [1.165, 1.54) is 18.0 Å². The zero-order valence-electron chi connectivity index (χ0n) is 23.5. The number of esters is 1. The zero-order valence-corrected chi connectivity index (χ0v) is 25.1. The molecule has 4 heterocycles. The number of hydrogen-bond donors (Lipinski definition) is 0. The van der Waals surface area contributed by atoms with Crippen LogP contribution in [0, 0.1) is 6.92 Å². The number of nitrogens with zero attached hydrogens (tertiary/aromatic N) is 7. The second-order valence-electron chi connectivity index (χ2n) is 10.9. The Morgan fingerprint density at radius 1 is 1.14 bits per heavy atom. The maximum atomic E-state index is 13.9. The van der Waals surface area contributed by atoms with Gasteiger partial charge < -0.3 is 18.9 Å². The Bertz CT molecular complexity index is 1740. The van der Waals surface area contributed by atoms with Crippen LogP contribution < -0.4 is 10.3 Å². The molecule has 0 N–H and O–H groups in total. The maximum absolute atomic E-state index is 13.9. The highest BCUT2D eigenvalue weighted by atomic mass is 79.9. The minimum Gasteiger partial charge on any atom is -0.485 e. The SMILES string of the molecule is COC(=O)Cn1c2c(c(=O)n3nc(Br)nc13)C1(CCN(C(=O)c3ncnc(C)c3OCc3ccccc3)CC1)CC2C. The highest BCUT2D eigenvalue weighted by molar-refractivity contribution is 9.10. The van der Waals surface area contributed by atoms with E-state index in [1.807, 2.05) is 30.3 Å². The summed E-state index contributed by atoms with van der Waals surface area (Å²) in [5, 5.41) is 4.27. The van der Waals surface area contributed by atoms with Gasteiger partial charge in [-0.05, 0) is 53.6 Å². The lowest BCUT2D eigenvalue weighted by Crippen LogP contribution is -2.47. The standard InChI is InChI=1S/C29H30BrN7O5/c1-17-13-29(21-23(17)36(14-20(38)41-3)28-33-27(30)34-37(28)25(21)39)9-11-35(12-10-29)26(40)22-24(18(2)31-16-32-22)42-15-19-7-5-4-6-8-19/h4-8,16-17H,9-15H2,1-3H3. The van der Waals surface area contributed by atoms with Crippen LogP contribution in [-0.2, 0) is 28.1 Å². The largest absolute Gasteiger partial charge is 0.485 e. The molecule has 1 unspecified atom stereocenters. The van der Waals surface area contributed by atoms with E-state index in [2.05, 4.69) is 42.9 Å². The van der Waals surface area contributed by atoms with Gasteiger partial charge >= 0.3 is 5.97 Å². The van der Waals surface area contributed by atoms with E-state index in [9.17, 15) is 14.4 Å². The average molecular weight is 637 g/mol. The third-order valence-electron chi connectivity index (χ3n) is 8.39. The molecule has 1 fully saturated rings. The Labute approximate surface area is 249 Å². The van der Waals surface area contributed by atoms with Crippen molar-refractivity contribution < 1.29 is 19.1 Å². The molecule has 1 aliphatic heterocycles.